The Hall–Kier alpha value is -1.13. The fourth-order valence-electron chi connectivity index (χ4n) is 1.33. The summed E-state index contributed by atoms with van der Waals surface area (Å²) in [5.41, 5.74) is 2.03. The first kappa shape index (κ1) is 11.4. The van der Waals surface area contributed by atoms with Crippen molar-refractivity contribution in [1.82, 2.24) is 10.2 Å². The van der Waals surface area contributed by atoms with Gasteiger partial charge in [0.05, 0.1) is 6.54 Å². The van der Waals surface area contributed by atoms with E-state index in [0.29, 0.717) is 5.15 Å². The molecule has 0 spiro atoms. The average molecular weight is 254 g/mol. The maximum Gasteiger partial charge on any atom is 0.155 e. The first-order valence-corrected chi connectivity index (χ1v) is 6.20. The molecule has 0 unspecified atom stereocenters. The molecule has 0 saturated heterocycles. The second-order valence-corrected chi connectivity index (χ2v) is 4.91. The third kappa shape index (κ3) is 2.33. The fourth-order valence-corrected chi connectivity index (χ4v) is 2.15. The maximum absolute atomic E-state index is 5.89. The van der Waals surface area contributed by atoms with Crippen molar-refractivity contribution in [3.05, 3.63) is 38.7 Å². The van der Waals surface area contributed by atoms with Gasteiger partial charge in [0.25, 0.3) is 0 Å². The Kier molecular flexibility index (Phi) is 3.41. The highest BCUT2D eigenvalue weighted by Gasteiger charge is 2.07. The second-order valence-electron chi connectivity index (χ2n) is 3.52. The molecule has 2 aromatic heterocycles. The Labute approximate surface area is 103 Å². The summed E-state index contributed by atoms with van der Waals surface area (Å²) < 4.78 is 0. The zero-order chi connectivity index (χ0) is 11.5. The van der Waals surface area contributed by atoms with Crippen LogP contribution in [0.3, 0.4) is 0 Å². The molecule has 0 aliphatic heterocycles. The molecular formula is C11H12ClN3S. The highest BCUT2D eigenvalue weighted by atomic mass is 35.5. The summed E-state index contributed by atoms with van der Waals surface area (Å²) in [5.74, 6) is 0.801. The lowest BCUT2D eigenvalue weighted by molar-refractivity contribution is 0.976. The van der Waals surface area contributed by atoms with Gasteiger partial charge in [-0.3, -0.25) is 0 Å². The molecule has 3 nitrogen and oxygen atoms in total. The van der Waals surface area contributed by atoms with Gasteiger partial charge in [0.1, 0.15) is 0 Å². The maximum atomic E-state index is 5.89. The minimum absolute atomic E-state index is 0.471. The highest BCUT2D eigenvalue weighted by molar-refractivity contribution is 7.09. The molecule has 0 atom stereocenters. The monoisotopic (exact) mass is 253 g/mol. The van der Waals surface area contributed by atoms with Crippen molar-refractivity contribution in [2.45, 2.75) is 20.4 Å². The van der Waals surface area contributed by atoms with Crippen LogP contribution in [0.25, 0.3) is 0 Å². The summed E-state index contributed by atoms with van der Waals surface area (Å²) in [4.78, 5) is 1.27. The third-order valence-electron chi connectivity index (χ3n) is 2.48. The quantitative estimate of drug-likeness (QED) is 0.911. The lowest BCUT2D eigenvalue weighted by Gasteiger charge is -2.09. The molecule has 1 N–H and O–H groups in total. The largest absolute Gasteiger partial charge is 0.363 e. The summed E-state index contributed by atoms with van der Waals surface area (Å²) in [6, 6.07) is 4.12. The van der Waals surface area contributed by atoms with Crippen molar-refractivity contribution in [2.75, 3.05) is 5.32 Å². The van der Waals surface area contributed by atoms with E-state index in [1.54, 1.807) is 11.3 Å². The van der Waals surface area contributed by atoms with Gasteiger partial charge in [0.15, 0.2) is 11.0 Å². The van der Waals surface area contributed by atoms with Crippen molar-refractivity contribution in [3.8, 4) is 0 Å². The molecule has 5 heteroatoms. The van der Waals surface area contributed by atoms with Crippen LogP contribution in [0.1, 0.15) is 16.0 Å². The Morgan fingerprint density at radius 3 is 2.81 bits per heavy atom. The smallest absolute Gasteiger partial charge is 0.155 e. The second kappa shape index (κ2) is 4.80. The first-order valence-electron chi connectivity index (χ1n) is 4.94. The number of anilines is 1. The van der Waals surface area contributed by atoms with Crippen LogP contribution in [0.5, 0.6) is 0 Å². The van der Waals surface area contributed by atoms with Gasteiger partial charge in [-0.2, -0.15) is 0 Å². The van der Waals surface area contributed by atoms with Gasteiger partial charge in [0.2, 0.25) is 0 Å². The molecule has 2 rings (SSSR count). The number of hydrogen-bond acceptors (Lipinski definition) is 4. The van der Waals surface area contributed by atoms with E-state index in [9.17, 15) is 0 Å². The molecule has 0 aliphatic carbocycles. The first-order chi connectivity index (χ1) is 7.68. The van der Waals surface area contributed by atoms with Crippen LogP contribution in [0, 0.1) is 13.8 Å². The van der Waals surface area contributed by atoms with Crippen LogP contribution in [0.15, 0.2) is 17.5 Å². The van der Waals surface area contributed by atoms with Gasteiger partial charge in [0, 0.05) is 4.88 Å². The standard InChI is InChI=1S/C11H12ClN3S/c1-7-8(2)11(15-14-10(7)12)13-6-9-4-3-5-16-9/h3-5H,6H2,1-2H3,(H,13,15). The fraction of sp³-hybridized carbons (Fsp3) is 0.273. The topological polar surface area (TPSA) is 37.8 Å². The molecule has 0 radical (unpaired) electrons. The van der Waals surface area contributed by atoms with Gasteiger partial charge in [-0.25, -0.2) is 0 Å². The van der Waals surface area contributed by atoms with E-state index in [-0.39, 0.29) is 0 Å². The highest BCUT2D eigenvalue weighted by Crippen LogP contribution is 2.21. The Balaban J connectivity index is 2.13. The zero-order valence-electron chi connectivity index (χ0n) is 9.12. The van der Waals surface area contributed by atoms with Crippen molar-refractivity contribution in [2.24, 2.45) is 0 Å². The molecule has 16 heavy (non-hydrogen) atoms. The van der Waals surface area contributed by atoms with E-state index in [1.165, 1.54) is 4.88 Å². The number of thiophene rings is 1. The van der Waals surface area contributed by atoms with Crippen LogP contribution in [-0.2, 0) is 6.54 Å². The molecule has 84 valence electrons. The molecule has 0 fully saturated rings. The predicted octanol–water partition coefficient (Wildman–Crippen LogP) is 3.42. The SMILES string of the molecule is Cc1c(Cl)nnc(NCc2cccs2)c1C. The molecule has 0 aliphatic rings. The number of hydrogen-bond donors (Lipinski definition) is 1. The van der Waals surface area contributed by atoms with Crippen molar-refractivity contribution >= 4 is 28.8 Å². The van der Waals surface area contributed by atoms with Crippen LogP contribution in [0.2, 0.25) is 5.15 Å². The summed E-state index contributed by atoms with van der Waals surface area (Å²) in [6.45, 7) is 4.71. The molecule has 2 heterocycles. The zero-order valence-corrected chi connectivity index (χ0v) is 10.7. The minimum atomic E-state index is 0.471. The molecule has 0 amide bonds. The third-order valence-corrected chi connectivity index (χ3v) is 3.71. The Morgan fingerprint density at radius 2 is 2.12 bits per heavy atom. The van der Waals surface area contributed by atoms with Crippen LogP contribution < -0.4 is 5.32 Å². The molecule has 0 bridgehead atoms. The molecule has 0 saturated carbocycles. The van der Waals surface area contributed by atoms with Gasteiger partial charge in [-0.15, -0.1) is 21.5 Å². The lowest BCUT2D eigenvalue weighted by Crippen LogP contribution is -2.05. The number of rotatable bonds is 3. The number of nitrogens with one attached hydrogen (secondary N) is 1. The number of halogens is 1. The normalized spacial score (nSPS) is 10.4. The Morgan fingerprint density at radius 1 is 1.31 bits per heavy atom. The predicted molar refractivity (Wildman–Crippen MR) is 68.2 cm³/mol. The average Bonchev–Trinajstić information content (AvgIpc) is 2.78. The summed E-state index contributed by atoms with van der Waals surface area (Å²) in [5, 5.41) is 13.7. The van der Waals surface area contributed by atoms with Crippen molar-refractivity contribution in [3.63, 3.8) is 0 Å². The van der Waals surface area contributed by atoms with Crippen LogP contribution in [-0.4, -0.2) is 10.2 Å². The summed E-state index contributed by atoms with van der Waals surface area (Å²) >= 11 is 7.60. The van der Waals surface area contributed by atoms with E-state index in [2.05, 4.69) is 27.0 Å². The van der Waals surface area contributed by atoms with Gasteiger partial charge in [-0.05, 0) is 36.4 Å². The van der Waals surface area contributed by atoms with Crippen molar-refractivity contribution in [1.29, 1.82) is 0 Å². The lowest BCUT2D eigenvalue weighted by atomic mass is 10.2. The van der Waals surface area contributed by atoms with Gasteiger partial charge >= 0.3 is 0 Å². The van der Waals surface area contributed by atoms with Gasteiger partial charge < -0.3 is 5.32 Å². The van der Waals surface area contributed by atoms with E-state index in [1.807, 2.05) is 19.9 Å². The molecule has 0 aromatic carbocycles. The number of nitrogens with zero attached hydrogens (tertiary/aromatic N) is 2. The van der Waals surface area contributed by atoms with E-state index < -0.39 is 0 Å². The summed E-state index contributed by atoms with van der Waals surface area (Å²) in [6.07, 6.45) is 0. The Bertz CT molecular complexity index is 482. The number of aromatic nitrogens is 2. The molecular weight excluding hydrogens is 242 g/mol. The summed E-state index contributed by atoms with van der Waals surface area (Å²) in [7, 11) is 0. The van der Waals surface area contributed by atoms with Crippen molar-refractivity contribution < 1.29 is 0 Å². The van der Waals surface area contributed by atoms with E-state index in [4.69, 9.17) is 11.6 Å². The van der Waals surface area contributed by atoms with E-state index >= 15 is 0 Å². The minimum Gasteiger partial charge on any atom is -0.363 e. The van der Waals surface area contributed by atoms with Gasteiger partial charge in [-0.1, -0.05) is 17.7 Å². The van der Waals surface area contributed by atoms with Crippen LogP contribution in [0.4, 0.5) is 5.82 Å². The van der Waals surface area contributed by atoms with Crippen LogP contribution >= 0.6 is 22.9 Å². The molecule has 2 aromatic rings. The van der Waals surface area contributed by atoms with E-state index in [0.717, 1.165) is 23.5 Å².